The number of aliphatic carboxylic acids is 1. The third-order valence-electron chi connectivity index (χ3n) is 7.09. The summed E-state index contributed by atoms with van der Waals surface area (Å²) in [5.41, 5.74) is 5.91. The van der Waals surface area contributed by atoms with Gasteiger partial charge in [0.25, 0.3) is 0 Å². The summed E-state index contributed by atoms with van der Waals surface area (Å²) in [5, 5.41) is 20.5. The van der Waals surface area contributed by atoms with E-state index in [1.165, 1.54) is 35.3 Å². The summed E-state index contributed by atoms with van der Waals surface area (Å²) < 4.78 is 6.96. The van der Waals surface area contributed by atoms with Crippen molar-refractivity contribution in [2.75, 3.05) is 45.2 Å². The van der Waals surface area contributed by atoms with Crippen LogP contribution in [0.4, 0.5) is 5.82 Å². The monoisotopic (exact) mass is 485 g/mol. The van der Waals surface area contributed by atoms with Crippen LogP contribution in [0.5, 0.6) is 0 Å². The summed E-state index contributed by atoms with van der Waals surface area (Å²) in [6.07, 6.45) is 14.8. The molecular formula is C27H43N5O3. The van der Waals surface area contributed by atoms with Gasteiger partial charge < -0.3 is 25.4 Å². The Morgan fingerprint density at radius 3 is 2.86 bits per heavy atom. The molecule has 1 atom stereocenters. The van der Waals surface area contributed by atoms with Crippen molar-refractivity contribution in [3.8, 4) is 0 Å². The summed E-state index contributed by atoms with van der Waals surface area (Å²) in [6, 6.07) is 1.14. The molecule has 0 saturated carbocycles. The van der Waals surface area contributed by atoms with Gasteiger partial charge >= 0.3 is 5.97 Å². The van der Waals surface area contributed by atoms with Gasteiger partial charge in [-0.05, 0) is 76.0 Å². The predicted octanol–water partition coefficient (Wildman–Crippen LogP) is 4.10. The molecule has 8 nitrogen and oxygen atoms in total. The maximum absolute atomic E-state index is 11.8. The number of carboxylic acid groups (broad SMARTS) is 1. The van der Waals surface area contributed by atoms with E-state index in [4.69, 9.17) is 4.74 Å². The molecule has 0 fully saturated rings. The van der Waals surface area contributed by atoms with Gasteiger partial charge in [0.2, 0.25) is 0 Å². The highest BCUT2D eigenvalue weighted by Crippen LogP contribution is 2.27. The lowest BCUT2D eigenvalue weighted by Crippen LogP contribution is -2.37. The van der Waals surface area contributed by atoms with E-state index in [0.717, 1.165) is 51.7 Å². The van der Waals surface area contributed by atoms with Crippen LogP contribution in [0.2, 0.25) is 0 Å². The first-order valence-electron chi connectivity index (χ1n) is 13.0. The molecule has 0 radical (unpaired) electrons. The van der Waals surface area contributed by atoms with E-state index in [0.29, 0.717) is 25.4 Å². The second-order valence-electron chi connectivity index (χ2n) is 9.63. The maximum atomic E-state index is 11.8. The molecule has 3 rings (SSSR count). The second kappa shape index (κ2) is 14.1. The van der Waals surface area contributed by atoms with Crippen LogP contribution in [0.3, 0.4) is 0 Å². The average Bonchev–Trinajstić information content (AvgIpc) is 3.25. The van der Waals surface area contributed by atoms with Gasteiger partial charge in [-0.25, -0.2) is 4.79 Å². The van der Waals surface area contributed by atoms with Crippen molar-refractivity contribution in [1.82, 2.24) is 20.0 Å². The molecule has 1 aromatic rings. The normalized spacial score (nSPS) is 20.1. The molecule has 1 aliphatic carbocycles. The van der Waals surface area contributed by atoms with Crippen molar-refractivity contribution in [3.63, 3.8) is 0 Å². The van der Waals surface area contributed by atoms with Gasteiger partial charge in [0.1, 0.15) is 11.9 Å². The van der Waals surface area contributed by atoms with Crippen LogP contribution >= 0.6 is 0 Å². The quantitative estimate of drug-likeness (QED) is 0.342. The smallest absolute Gasteiger partial charge is 0.326 e. The molecule has 2 heterocycles. The summed E-state index contributed by atoms with van der Waals surface area (Å²) in [4.78, 5) is 14.1. The van der Waals surface area contributed by atoms with Crippen molar-refractivity contribution in [1.29, 1.82) is 0 Å². The van der Waals surface area contributed by atoms with Crippen LogP contribution in [0.15, 0.2) is 46.8 Å². The summed E-state index contributed by atoms with van der Waals surface area (Å²) in [6.45, 7) is 6.48. The molecule has 0 spiro atoms. The molecule has 0 saturated heterocycles. The van der Waals surface area contributed by atoms with E-state index in [-0.39, 0.29) is 0 Å². The lowest BCUT2D eigenvalue weighted by atomic mass is 9.91. The number of carboxylic acids is 1. The van der Waals surface area contributed by atoms with E-state index in [1.807, 2.05) is 0 Å². The van der Waals surface area contributed by atoms with Crippen molar-refractivity contribution in [3.05, 3.63) is 46.8 Å². The van der Waals surface area contributed by atoms with Crippen molar-refractivity contribution in [2.45, 2.75) is 64.3 Å². The first kappa shape index (κ1) is 27.0. The van der Waals surface area contributed by atoms with Gasteiger partial charge in [-0.1, -0.05) is 17.7 Å². The van der Waals surface area contributed by atoms with E-state index in [9.17, 15) is 9.90 Å². The largest absolute Gasteiger partial charge is 0.480 e. The number of methoxy groups -OCH3 is 1. The van der Waals surface area contributed by atoms with Crippen LogP contribution < -0.4 is 10.6 Å². The summed E-state index contributed by atoms with van der Waals surface area (Å²) in [7, 11) is 3.51. The Labute approximate surface area is 210 Å². The fourth-order valence-corrected chi connectivity index (χ4v) is 4.80. The Kier molecular flexibility index (Phi) is 10.9. The van der Waals surface area contributed by atoms with E-state index in [1.54, 1.807) is 31.1 Å². The van der Waals surface area contributed by atoms with E-state index < -0.39 is 12.0 Å². The molecule has 194 valence electrons. The fraction of sp³-hybridized carbons (Fsp3) is 0.630. The number of aryl methyl sites for hydroxylation is 1. The number of nitrogens with one attached hydrogen (secondary N) is 2. The van der Waals surface area contributed by atoms with Crippen LogP contribution in [0.1, 0.15) is 58.3 Å². The van der Waals surface area contributed by atoms with Crippen molar-refractivity contribution < 1.29 is 14.6 Å². The predicted molar refractivity (Wildman–Crippen MR) is 140 cm³/mol. The fourth-order valence-electron chi connectivity index (χ4n) is 4.80. The Morgan fingerprint density at radius 1 is 1.26 bits per heavy atom. The van der Waals surface area contributed by atoms with Gasteiger partial charge in [0.05, 0.1) is 12.8 Å². The van der Waals surface area contributed by atoms with Gasteiger partial charge in [-0.3, -0.25) is 4.68 Å². The van der Waals surface area contributed by atoms with Crippen LogP contribution in [-0.2, 0) is 16.6 Å². The third kappa shape index (κ3) is 8.54. The molecule has 0 bridgehead atoms. The minimum atomic E-state index is -0.845. The third-order valence-corrected chi connectivity index (χ3v) is 7.09. The van der Waals surface area contributed by atoms with Gasteiger partial charge in [0.15, 0.2) is 0 Å². The highest BCUT2D eigenvalue weighted by atomic mass is 16.5. The molecule has 2 aliphatic rings. The Balaban J connectivity index is 1.48. The molecule has 35 heavy (non-hydrogen) atoms. The first-order valence-corrected chi connectivity index (χ1v) is 13.0. The molecule has 1 aliphatic heterocycles. The number of hydrogen-bond donors (Lipinski definition) is 3. The second-order valence-corrected chi connectivity index (χ2v) is 9.63. The number of hydrogen-bond acceptors (Lipinski definition) is 6. The number of anilines is 1. The van der Waals surface area contributed by atoms with Crippen LogP contribution in [0, 0.1) is 0 Å². The molecular weight excluding hydrogens is 442 g/mol. The number of unbranched alkanes of at least 4 members (excludes halogenated alkanes) is 1. The Hall–Kier alpha value is -2.58. The number of carbonyl (C=O) groups is 1. The maximum Gasteiger partial charge on any atom is 0.326 e. The zero-order valence-electron chi connectivity index (χ0n) is 21.7. The number of rotatable bonds is 14. The number of allylic oxidation sites excluding steroid dienone is 6. The Bertz CT molecular complexity index is 918. The molecule has 1 aromatic heterocycles. The molecule has 0 aromatic carbocycles. The number of nitrogens with zero attached hydrogens (tertiary/aromatic N) is 3. The topological polar surface area (TPSA) is 91.7 Å². The standard InChI is InChI=1S/C27H43N5O3/c1-21-9-12-24-23(8-6-15-28-24)11-10-22(21)7-4-5-17-32(19-20-35-3)18-14-25(27(33)34)30-26-13-16-29-31(26)2/h10-11,13,16,25,28,30H,4-9,12,14-15,17-20H2,1-3H3,(H,33,34)/b11-10-,22-21-/t25-/m0/s1. The van der Waals surface area contributed by atoms with Gasteiger partial charge in [0, 0.05) is 45.6 Å². The lowest BCUT2D eigenvalue weighted by molar-refractivity contribution is -0.138. The van der Waals surface area contributed by atoms with Crippen LogP contribution in [0.25, 0.3) is 0 Å². The highest BCUT2D eigenvalue weighted by Gasteiger charge is 2.20. The zero-order chi connectivity index (χ0) is 25.0. The minimum absolute atomic E-state index is 0.517. The first-order chi connectivity index (χ1) is 17.0. The number of ether oxygens (including phenoxy) is 1. The molecule has 0 unspecified atom stereocenters. The van der Waals surface area contributed by atoms with E-state index in [2.05, 4.69) is 39.7 Å². The molecule has 8 heteroatoms. The summed E-state index contributed by atoms with van der Waals surface area (Å²) >= 11 is 0. The average molecular weight is 486 g/mol. The van der Waals surface area contributed by atoms with Crippen LogP contribution in [-0.4, -0.2) is 71.7 Å². The highest BCUT2D eigenvalue weighted by molar-refractivity contribution is 5.76. The zero-order valence-corrected chi connectivity index (χ0v) is 21.7. The van der Waals surface area contributed by atoms with Crippen molar-refractivity contribution in [2.24, 2.45) is 7.05 Å². The minimum Gasteiger partial charge on any atom is -0.480 e. The Morgan fingerprint density at radius 2 is 2.11 bits per heavy atom. The summed E-state index contributed by atoms with van der Waals surface area (Å²) in [5.74, 6) is -0.133. The van der Waals surface area contributed by atoms with Gasteiger partial charge in [-0.15, -0.1) is 0 Å². The number of aromatic nitrogens is 2. The lowest BCUT2D eigenvalue weighted by Gasteiger charge is -2.25. The van der Waals surface area contributed by atoms with Gasteiger partial charge in [-0.2, -0.15) is 5.10 Å². The van der Waals surface area contributed by atoms with E-state index >= 15 is 0 Å². The molecule has 0 amide bonds. The van der Waals surface area contributed by atoms with Crippen molar-refractivity contribution >= 4 is 11.8 Å². The SMILES string of the molecule is COCCN(CCCCC1=C(\C)CCC2=C(/C=C\1)CCCN2)CC[C@H](Nc1ccnn1C)C(=O)O. The molecule has 3 N–H and O–H groups in total.